The molecule has 4 nitrogen and oxygen atoms in total. The minimum atomic E-state index is -4.21. The van der Waals surface area contributed by atoms with Gasteiger partial charge in [0.05, 0.1) is 17.4 Å². The molecule has 15 heavy (non-hydrogen) atoms. The van der Waals surface area contributed by atoms with Gasteiger partial charge >= 0.3 is 0 Å². The standard InChI is InChI=1S/C6H4Cl2F2N2O2S/c7-5-3(6(9)10)4(11)2(1-12-5)15(8,13)14/h1,6H,(H2,11,12). The first-order valence-corrected chi connectivity index (χ1v) is 6.10. The fourth-order valence-electron chi connectivity index (χ4n) is 0.900. The second-order valence-electron chi connectivity index (χ2n) is 2.48. The van der Waals surface area contributed by atoms with Gasteiger partial charge in [-0.05, 0) is 0 Å². The summed E-state index contributed by atoms with van der Waals surface area (Å²) in [6.07, 6.45) is -2.30. The Balaban J connectivity index is 3.56. The zero-order valence-electron chi connectivity index (χ0n) is 6.92. The summed E-state index contributed by atoms with van der Waals surface area (Å²) in [4.78, 5) is 2.59. The first-order valence-electron chi connectivity index (χ1n) is 3.42. The lowest BCUT2D eigenvalue weighted by molar-refractivity contribution is 0.151. The number of nitrogens with two attached hydrogens (primary N) is 1. The second-order valence-corrected chi connectivity index (χ2v) is 5.37. The van der Waals surface area contributed by atoms with E-state index in [0.717, 1.165) is 6.20 Å². The van der Waals surface area contributed by atoms with Crippen LogP contribution in [0.3, 0.4) is 0 Å². The van der Waals surface area contributed by atoms with Gasteiger partial charge in [-0.1, -0.05) is 11.6 Å². The molecule has 0 amide bonds. The lowest BCUT2D eigenvalue weighted by atomic mass is 10.2. The molecule has 1 rings (SSSR count). The average molecular weight is 277 g/mol. The molecule has 2 N–H and O–H groups in total. The lowest BCUT2D eigenvalue weighted by Gasteiger charge is -2.08. The van der Waals surface area contributed by atoms with Gasteiger partial charge in [-0.2, -0.15) is 0 Å². The molecule has 84 valence electrons. The van der Waals surface area contributed by atoms with Crippen LogP contribution in [0.15, 0.2) is 11.1 Å². The highest BCUT2D eigenvalue weighted by Crippen LogP contribution is 2.35. The van der Waals surface area contributed by atoms with E-state index in [1.165, 1.54) is 0 Å². The summed E-state index contributed by atoms with van der Waals surface area (Å²) in [5.41, 5.74) is 3.69. The number of hydrogen-bond donors (Lipinski definition) is 1. The summed E-state index contributed by atoms with van der Waals surface area (Å²) in [6.45, 7) is 0. The van der Waals surface area contributed by atoms with E-state index in [0.29, 0.717) is 0 Å². The molecule has 0 unspecified atom stereocenters. The molecule has 0 atom stereocenters. The molecule has 1 heterocycles. The number of nitrogen functional groups attached to an aromatic ring is 1. The Morgan fingerprint density at radius 1 is 1.47 bits per heavy atom. The molecule has 0 aliphatic rings. The molecule has 0 radical (unpaired) electrons. The number of alkyl halides is 2. The van der Waals surface area contributed by atoms with Crippen molar-refractivity contribution in [1.82, 2.24) is 4.98 Å². The van der Waals surface area contributed by atoms with Crippen LogP contribution in [-0.4, -0.2) is 13.4 Å². The summed E-state index contributed by atoms with van der Waals surface area (Å²) in [5.74, 6) is 0. The Kier molecular flexibility index (Phi) is 3.37. The highest BCUT2D eigenvalue weighted by Gasteiger charge is 2.24. The van der Waals surface area contributed by atoms with E-state index in [1.807, 2.05) is 0 Å². The molecule has 0 bridgehead atoms. The van der Waals surface area contributed by atoms with Crippen LogP contribution >= 0.6 is 22.3 Å². The minimum Gasteiger partial charge on any atom is -0.397 e. The monoisotopic (exact) mass is 276 g/mol. The number of pyridine rings is 1. The van der Waals surface area contributed by atoms with Gasteiger partial charge in [-0.25, -0.2) is 22.2 Å². The van der Waals surface area contributed by atoms with E-state index < -0.39 is 36.8 Å². The molecule has 0 saturated heterocycles. The van der Waals surface area contributed by atoms with Crippen molar-refractivity contribution in [1.29, 1.82) is 0 Å². The molecule has 9 heteroatoms. The summed E-state index contributed by atoms with van der Waals surface area (Å²) in [7, 11) is 0.744. The maximum absolute atomic E-state index is 12.4. The second kappa shape index (κ2) is 4.07. The molecule has 0 aliphatic carbocycles. The minimum absolute atomic E-state index is 0.549. The maximum atomic E-state index is 12.4. The Labute approximate surface area is 93.4 Å². The van der Waals surface area contributed by atoms with Crippen molar-refractivity contribution in [3.63, 3.8) is 0 Å². The van der Waals surface area contributed by atoms with Crippen LogP contribution in [0.2, 0.25) is 5.15 Å². The van der Waals surface area contributed by atoms with E-state index >= 15 is 0 Å². The van der Waals surface area contributed by atoms with Crippen molar-refractivity contribution >= 4 is 37.0 Å². The molecule has 0 saturated carbocycles. The van der Waals surface area contributed by atoms with E-state index in [1.54, 1.807) is 0 Å². The normalized spacial score (nSPS) is 12.1. The number of halogens is 4. The SMILES string of the molecule is Nc1c(S(=O)(=O)Cl)cnc(Cl)c1C(F)F. The first kappa shape index (κ1) is 12.4. The number of nitrogens with zero attached hydrogens (tertiary/aromatic N) is 1. The van der Waals surface area contributed by atoms with Crippen LogP contribution in [0.1, 0.15) is 12.0 Å². The molecular formula is C6H4Cl2F2N2O2S. The molecule has 1 aromatic rings. The number of anilines is 1. The van der Waals surface area contributed by atoms with E-state index in [2.05, 4.69) is 4.98 Å². The van der Waals surface area contributed by atoms with Gasteiger partial charge in [-0.3, -0.25) is 0 Å². The predicted molar refractivity (Wildman–Crippen MR) is 51.7 cm³/mol. The zero-order chi connectivity index (χ0) is 11.8. The quantitative estimate of drug-likeness (QED) is 0.664. The molecule has 0 fully saturated rings. The van der Waals surface area contributed by atoms with Gasteiger partial charge < -0.3 is 5.73 Å². The van der Waals surface area contributed by atoms with Crippen molar-refractivity contribution in [2.24, 2.45) is 0 Å². The fraction of sp³-hybridized carbons (Fsp3) is 0.167. The van der Waals surface area contributed by atoms with E-state index in [-0.39, 0.29) is 0 Å². The predicted octanol–water partition coefficient (Wildman–Crippen LogP) is 2.18. The van der Waals surface area contributed by atoms with Crippen LogP contribution in [0.25, 0.3) is 0 Å². The Bertz CT molecular complexity index is 492. The number of hydrogen-bond acceptors (Lipinski definition) is 4. The molecule has 0 aliphatic heterocycles. The third kappa shape index (κ3) is 2.47. The Morgan fingerprint density at radius 2 is 2.00 bits per heavy atom. The zero-order valence-corrected chi connectivity index (χ0v) is 9.24. The topological polar surface area (TPSA) is 73.1 Å². The van der Waals surface area contributed by atoms with Gasteiger partial charge in [-0.15, -0.1) is 0 Å². The number of rotatable bonds is 2. The molecule has 0 aromatic carbocycles. The van der Waals surface area contributed by atoms with Gasteiger partial charge in [0.15, 0.2) is 0 Å². The van der Waals surface area contributed by atoms with Gasteiger partial charge in [0, 0.05) is 10.7 Å². The third-order valence-corrected chi connectivity index (χ3v) is 3.20. The lowest BCUT2D eigenvalue weighted by Crippen LogP contribution is -2.05. The van der Waals surface area contributed by atoms with E-state index in [4.69, 9.17) is 28.0 Å². The summed E-state index contributed by atoms with van der Waals surface area (Å²) >= 11 is 5.34. The van der Waals surface area contributed by atoms with Crippen molar-refractivity contribution in [3.05, 3.63) is 16.9 Å². The highest BCUT2D eigenvalue weighted by atomic mass is 35.7. The van der Waals surface area contributed by atoms with Gasteiger partial charge in [0.25, 0.3) is 15.5 Å². The first-order chi connectivity index (χ1) is 6.75. The van der Waals surface area contributed by atoms with Crippen LogP contribution in [0, 0.1) is 0 Å². The molecular weight excluding hydrogens is 273 g/mol. The van der Waals surface area contributed by atoms with Crippen LogP contribution in [0.4, 0.5) is 14.5 Å². The van der Waals surface area contributed by atoms with Gasteiger partial charge in [0.1, 0.15) is 10.0 Å². The van der Waals surface area contributed by atoms with Crippen LogP contribution < -0.4 is 5.73 Å². The van der Waals surface area contributed by atoms with Crippen molar-refractivity contribution in [3.8, 4) is 0 Å². The summed E-state index contributed by atoms with van der Waals surface area (Å²) in [6, 6.07) is 0. The van der Waals surface area contributed by atoms with Crippen molar-refractivity contribution < 1.29 is 17.2 Å². The number of aromatic nitrogens is 1. The fourth-order valence-corrected chi connectivity index (χ4v) is 2.05. The van der Waals surface area contributed by atoms with Crippen LogP contribution in [-0.2, 0) is 9.05 Å². The third-order valence-electron chi connectivity index (χ3n) is 1.55. The van der Waals surface area contributed by atoms with Gasteiger partial charge in [0.2, 0.25) is 0 Å². The highest BCUT2D eigenvalue weighted by molar-refractivity contribution is 8.13. The molecule has 1 aromatic heterocycles. The Hall–Kier alpha value is -0.660. The summed E-state index contributed by atoms with van der Waals surface area (Å²) < 4.78 is 46.6. The van der Waals surface area contributed by atoms with Crippen molar-refractivity contribution in [2.75, 3.05) is 5.73 Å². The smallest absolute Gasteiger partial charge is 0.268 e. The average Bonchev–Trinajstić information content (AvgIpc) is 2.00. The van der Waals surface area contributed by atoms with Crippen LogP contribution in [0.5, 0.6) is 0 Å². The maximum Gasteiger partial charge on any atom is 0.268 e. The Morgan fingerprint density at radius 3 is 2.40 bits per heavy atom. The van der Waals surface area contributed by atoms with E-state index in [9.17, 15) is 17.2 Å². The summed E-state index contributed by atoms with van der Waals surface area (Å²) in [5, 5.41) is -0.549. The largest absolute Gasteiger partial charge is 0.397 e. The molecule has 0 spiro atoms. The van der Waals surface area contributed by atoms with Crippen molar-refractivity contribution in [2.45, 2.75) is 11.3 Å².